The standard InChI is InChI=1S/C75H96/c1-41(2)56-21-31-61(32-22-56)71-46(11)48(13)72(62-33-23-57(24-34-62)42(3)4)50(15)52(17)74(64-37-27-59(28-38-64)44(7)8)54(19)55(20)75(65-39-29-60(30-40-65)45(9)10)53(18)51(16)73(49(14)47(71)12,63-35-25-58(26-36-63)43(5)6)68-66(71)67(72)69(74)70(68)75/h21-55,66H,1-20H3/t46-,47+,48+,49-,50-,51+,52+,53-,54-,55+,66?,71?,72?,73?,74?,75?. The van der Waals surface area contributed by atoms with Crippen LogP contribution < -0.4 is 0 Å². The predicted octanol–water partition coefficient (Wildman–Crippen LogP) is 19.9. The number of benzene rings is 5. The van der Waals surface area contributed by atoms with Crippen molar-refractivity contribution in [3.63, 3.8) is 0 Å². The normalized spacial score (nSPS) is 37.7. The Hall–Kier alpha value is -4.42. The van der Waals surface area contributed by atoms with E-state index in [4.69, 9.17) is 0 Å². The van der Waals surface area contributed by atoms with Crippen LogP contribution in [0.3, 0.4) is 0 Å². The first kappa shape index (κ1) is 52.6. The van der Waals surface area contributed by atoms with Crippen LogP contribution in [-0.2, 0) is 27.1 Å². The first-order valence-electron chi connectivity index (χ1n) is 30.5. The first-order valence-corrected chi connectivity index (χ1v) is 30.5. The molecular formula is C75H96. The fourth-order valence-electron chi connectivity index (χ4n) is 20.5. The highest BCUT2D eigenvalue weighted by Gasteiger charge is 2.82. The Labute approximate surface area is 457 Å². The van der Waals surface area contributed by atoms with Crippen molar-refractivity contribution in [2.24, 2.45) is 65.1 Å². The van der Waals surface area contributed by atoms with Gasteiger partial charge >= 0.3 is 0 Å². The van der Waals surface area contributed by atoms with Gasteiger partial charge in [-0.3, -0.25) is 0 Å². The molecule has 0 nitrogen and oxygen atoms in total. The van der Waals surface area contributed by atoms with Gasteiger partial charge in [-0.25, -0.2) is 0 Å². The maximum absolute atomic E-state index is 2.77. The average molecular weight is 998 g/mol. The van der Waals surface area contributed by atoms with Crippen molar-refractivity contribution < 1.29 is 0 Å². The second-order valence-corrected chi connectivity index (χ2v) is 28.2. The Morgan fingerprint density at radius 1 is 0.240 bits per heavy atom. The molecule has 0 aromatic heterocycles. The zero-order valence-electron chi connectivity index (χ0n) is 50.3. The van der Waals surface area contributed by atoms with Gasteiger partial charge in [0.1, 0.15) is 0 Å². The molecule has 396 valence electrons. The fourth-order valence-corrected chi connectivity index (χ4v) is 20.5. The lowest BCUT2D eigenvalue weighted by molar-refractivity contribution is -0.0728. The Morgan fingerprint density at radius 3 is 0.653 bits per heavy atom. The third-order valence-electron chi connectivity index (χ3n) is 24.9. The molecule has 0 spiro atoms. The summed E-state index contributed by atoms with van der Waals surface area (Å²) in [6.07, 6.45) is 0. The number of allylic oxidation sites excluding steroid dienone is 4. The molecule has 0 aliphatic heterocycles. The van der Waals surface area contributed by atoms with E-state index in [9.17, 15) is 0 Å². The Balaban J connectivity index is 1.42. The van der Waals surface area contributed by atoms with E-state index in [0.717, 1.165) is 0 Å². The van der Waals surface area contributed by atoms with E-state index < -0.39 is 0 Å². The zero-order chi connectivity index (χ0) is 54.0. The van der Waals surface area contributed by atoms with Crippen LogP contribution in [0.2, 0.25) is 0 Å². The van der Waals surface area contributed by atoms with E-state index in [0.29, 0.717) is 88.8 Å². The van der Waals surface area contributed by atoms with Crippen molar-refractivity contribution in [3.05, 3.63) is 199 Å². The lowest BCUT2D eigenvalue weighted by Crippen LogP contribution is -2.70. The van der Waals surface area contributed by atoms with Gasteiger partial charge in [0.25, 0.3) is 0 Å². The van der Waals surface area contributed by atoms with Gasteiger partial charge < -0.3 is 0 Å². The van der Waals surface area contributed by atoms with Crippen molar-refractivity contribution in [3.8, 4) is 0 Å². The van der Waals surface area contributed by atoms with Gasteiger partial charge in [0.2, 0.25) is 0 Å². The van der Waals surface area contributed by atoms with E-state index in [1.54, 1.807) is 39.0 Å². The van der Waals surface area contributed by atoms with Crippen molar-refractivity contribution >= 4 is 0 Å². The molecule has 0 amide bonds. The summed E-state index contributed by atoms with van der Waals surface area (Å²) in [5.74, 6) is 6.22. The smallest absolute Gasteiger partial charge is 0.0263 e. The summed E-state index contributed by atoms with van der Waals surface area (Å²) in [6.45, 7) is 51.4. The van der Waals surface area contributed by atoms with Gasteiger partial charge in [-0.05, 0) is 167 Å². The number of hydrogen-bond donors (Lipinski definition) is 0. The van der Waals surface area contributed by atoms with Crippen LogP contribution in [0.4, 0.5) is 0 Å². The molecule has 3 fully saturated rings. The highest BCUT2D eigenvalue weighted by molar-refractivity contribution is 5.78. The topological polar surface area (TPSA) is 0 Å². The monoisotopic (exact) mass is 997 g/mol. The zero-order valence-corrected chi connectivity index (χ0v) is 50.3. The molecule has 6 aliphatic rings. The van der Waals surface area contributed by atoms with Gasteiger partial charge in [0.05, 0.1) is 0 Å². The molecule has 0 heterocycles. The fraction of sp³-hybridized carbons (Fsp3) is 0.547. The molecule has 3 saturated carbocycles. The molecular weight excluding hydrogens is 901 g/mol. The number of hydrogen-bond acceptors (Lipinski definition) is 0. The summed E-state index contributed by atoms with van der Waals surface area (Å²) in [5.41, 5.74) is 21.3. The summed E-state index contributed by atoms with van der Waals surface area (Å²) in [7, 11) is 0. The molecule has 5 aromatic carbocycles. The Kier molecular flexibility index (Phi) is 12.5. The molecule has 0 bridgehead atoms. The van der Waals surface area contributed by atoms with Crippen molar-refractivity contribution in [2.45, 2.75) is 195 Å². The van der Waals surface area contributed by atoms with E-state index >= 15 is 0 Å². The third-order valence-corrected chi connectivity index (χ3v) is 24.9. The van der Waals surface area contributed by atoms with Gasteiger partial charge in [0.15, 0.2) is 0 Å². The Morgan fingerprint density at radius 2 is 0.427 bits per heavy atom. The lowest BCUT2D eigenvalue weighted by Gasteiger charge is -2.72. The number of rotatable bonds is 10. The summed E-state index contributed by atoms with van der Waals surface area (Å²) in [4.78, 5) is 0. The Bertz CT molecular complexity index is 2840. The predicted molar refractivity (Wildman–Crippen MR) is 320 cm³/mol. The highest BCUT2D eigenvalue weighted by atomic mass is 14.8. The van der Waals surface area contributed by atoms with Crippen molar-refractivity contribution in [1.82, 2.24) is 0 Å². The van der Waals surface area contributed by atoms with Crippen LogP contribution in [0.25, 0.3) is 0 Å². The van der Waals surface area contributed by atoms with E-state index in [1.807, 2.05) is 11.1 Å². The highest BCUT2D eigenvalue weighted by Crippen LogP contribution is 2.86. The largest absolute Gasteiger partial charge is 0.0613 e. The first-order chi connectivity index (χ1) is 35.5. The summed E-state index contributed by atoms with van der Waals surface area (Å²) in [6, 6.07) is 52.0. The molecule has 16 atom stereocenters. The van der Waals surface area contributed by atoms with E-state index in [1.165, 1.54) is 27.8 Å². The summed E-state index contributed by atoms with van der Waals surface area (Å²) in [5, 5.41) is 0. The second-order valence-electron chi connectivity index (χ2n) is 28.2. The van der Waals surface area contributed by atoms with E-state index in [-0.39, 0.29) is 33.0 Å². The van der Waals surface area contributed by atoms with Crippen LogP contribution in [0.5, 0.6) is 0 Å². The molecule has 5 aromatic rings. The second kappa shape index (κ2) is 17.8. The molecule has 0 N–H and O–H groups in total. The molecule has 0 heteroatoms. The average Bonchev–Trinajstić information content (AvgIpc) is 4.04. The van der Waals surface area contributed by atoms with Crippen LogP contribution >= 0.6 is 0 Å². The summed E-state index contributed by atoms with van der Waals surface area (Å²) < 4.78 is 0. The SMILES string of the molecule is CC(C)c1ccc(C23C4=C5C6C7=C4C(c4ccc(C(C)C)cc4)([C@H](C)[C@@H]2C)[C@@H](C)[C@@H](C)C7(c2ccc(C(C)C)cc2)[C@@H](C)[C@@H](C)C6(c2ccc(C(C)C)cc2)[C@@H](C)[C@@H](C)C5(c2ccc(C(C)C)cc2)[C@@H](C)[C@H]3C)cc1. The van der Waals surface area contributed by atoms with Crippen LogP contribution in [-0.4, -0.2) is 0 Å². The minimum Gasteiger partial charge on any atom is -0.0613 e. The lowest BCUT2D eigenvalue weighted by atomic mass is 9.30. The minimum absolute atomic E-state index is 0.160. The quantitative estimate of drug-likeness (QED) is 0.131. The van der Waals surface area contributed by atoms with Gasteiger partial charge in [0, 0.05) is 33.0 Å². The maximum atomic E-state index is 2.77. The van der Waals surface area contributed by atoms with Crippen LogP contribution in [0, 0.1) is 65.1 Å². The van der Waals surface area contributed by atoms with Crippen molar-refractivity contribution in [1.29, 1.82) is 0 Å². The van der Waals surface area contributed by atoms with Gasteiger partial charge in [-0.2, -0.15) is 0 Å². The molecule has 0 radical (unpaired) electrons. The molecule has 6 aliphatic carbocycles. The van der Waals surface area contributed by atoms with Crippen molar-refractivity contribution in [2.75, 3.05) is 0 Å². The van der Waals surface area contributed by atoms with Gasteiger partial charge in [-0.1, -0.05) is 260 Å². The molecule has 6 unspecified atom stereocenters. The molecule has 75 heavy (non-hydrogen) atoms. The van der Waals surface area contributed by atoms with Crippen LogP contribution in [0.15, 0.2) is 144 Å². The molecule has 11 rings (SSSR count). The maximum Gasteiger partial charge on any atom is 0.0263 e. The minimum atomic E-state index is -0.223. The van der Waals surface area contributed by atoms with Crippen LogP contribution in [0.1, 0.15) is 224 Å². The molecule has 0 saturated heterocycles. The van der Waals surface area contributed by atoms with E-state index in [2.05, 4.69) is 260 Å². The summed E-state index contributed by atoms with van der Waals surface area (Å²) >= 11 is 0. The third kappa shape index (κ3) is 6.24. The van der Waals surface area contributed by atoms with Gasteiger partial charge in [-0.15, -0.1) is 0 Å².